The van der Waals surface area contributed by atoms with E-state index in [2.05, 4.69) is 5.92 Å². The van der Waals surface area contributed by atoms with Crippen LogP contribution in [0.2, 0.25) is 0 Å². The molecule has 17 heavy (non-hydrogen) atoms. The van der Waals surface area contributed by atoms with E-state index in [0.717, 1.165) is 5.56 Å². The Morgan fingerprint density at radius 1 is 1.24 bits per heavy atom. The molecule has 5 heteroatoms. The van der Waals surface area contributed by atoms with Gasteiger partial charge in [-0.2, -0.15) is 13.2 Å². The van der Waals surface area contributed by atoms with E-state index in [1.54, 1.807) is 5.92 Å². The lowest BCUT2D eigenvalue weighted by molar-refractivity contribution is -0.184. The summed E-state index contributed by atoms with van der Waals surface area (Å²) in [5.74, 6) is 3.78. The van der Waals surface area contributed by atoms with Crippen LogP contribution in [0.15, 0.2) is 30.3 Å². The second-order valence-electron chi connectivity index (χ2n) is 3.24. The van der Waals surface area contributed by atoms with Gasteiger partial charge in [-0.3, -0.25) is 0 Å². The summed E-state index contributed by atoms with van der Waals surface area (Å²) in [5, 5.41) is 8.55. The SMILES string of the molecule is O[C@H](C#CCOCc1ccccc1)C(F)(F)F. The number of benzene rings is 1. The summed E-state index contributed by atoms with van der Waals surface area (Å²) < 4.78 is 40.5. The fourth-order valence-electron chi connectivity index (χ4n) is 1.01. The van der Waals surface area contributed by atoms with Gasteiger partial charge in [-0.15, -0.1) is 0 Å². The molecule has 0 spiro atoms. The maximum atomic E-state index is 11.8. The van der Waals surface area contributed by atoms with Crippen molar-refractivity contribution in [3.63, 3.8) is 0 Å². The van der Waals surface area contributed by atoms with Crippen LogP contribution >= 0.6 is 0 Å². The molecule has 1 aromatic carbocycles. The van der Waals surface area contributed by atoms with Gasteiger partial charge in [0.05, 0.1) is 6.61 Å². The van der Waals surface area contributed by atoms with Crippen molar-refractivity contribution in [1.82, 2.24) is 0 Å². The third-order valence-corrected chi connectivity index (χ3v) is 1.83. The first-order valence-electron chi connectivity index (χ1n) is 4.85. The van der Waals surface area contributed by atoms with Gasteiger partial charge in [0, 0.05) is 0 Å². The number of rotatable bonds is 3. The van der Waals surface area contributed by atoms with E-state index in [4.69, 9.17) is 9.84 Å². The van der Waals surface area contributed by atoms with Crippen molar-refractivity contribution in [2.24, 2.45) is 0 Å². The number of hydrogen-bond acceptors (Lipinski definition) is 2. The first kappa shape index (κ1) is 13.6. The summed E-state index contributed by atoms with van der Waals surface area (Å²) in [4.78, 5) is 0. The maximum Gasteiger partial charge on any atom is 0.425 e. The first-order valence-corrected chi connectivity index (χ1v) is 4.85. The molecular weight excluding hydrogens is 233 g/mol. The highest BCUT2D eigenvalue weighted by molar-refractivity contribution is 5.13. The second kappa shape index (κ2) is 6.28. The third kappa shape index (κ3) is 5.38. The molecule has 0 saturated carbocycles. The minimum absolute atomic E-state index is 0.151. The Kier molecular flexibility index (Phi) is 5.01. The van der Waals surface area contributed by atoms with Crippen molar-refractivity contribution in [1.29, 1.82) is 0 Å². The molecule has 1 N–H and O–H groups in total. The molecule has 0 amide bonds. The van der Waals surface area contributed by atoms with E-state index in [1.165, 1.54) is 0 Å². The van der Waals surface area contributed by atoms with Crippen molar-refractivity contribution < 1.29 is 23.0 Å². The standard InChI is InChI=1S/C12H11F3O2/c13-12(14,15)11(16)7-4-8-17-9-10-5-2-1-3-6-10/h1-3,5-6,11,16H,8-9H2/t11-/m1/s1. The zero-order chi connectivity index (χ0) is 12.7. The molecule has 0 saturated heterocycles. The Morgan fingerprint density at radius 3 is 2.47 bits per heavy atom. The zero-order valence-electron chi connectivity index (χ0n) is 8.87. The maximum absolute atomic E-state index is 11.8. The molecule has 0 radical (unpaired) electrons. The van der Waals surface area contributed by atoms with Gasteiger partial charge >= 0.3 is 6.18 Å². The van der Waals surface area contributed by atoms with Crippen LogP contribution in [0.1, 0.15) is 5.56 Å². The molecule has 0 heterocycles. The Labute approximate surface area is 97.0 Å². The molecule has 1 aromatic rings. The number of aliphatic hydroxyl groups excluding tert-OH is 1. The Morgan fingerprint density at radius 2 is 1.88 bits per heavy atom. The van der Waals surface area contributed by atoms with E-state index in [0.29, 0.717) is 0 Å². The summed E-state index contributed by atoms with van der Waals surface area (Å²) in [5.41, 5.74) is 0.908. The Hall–Kier alpha value is -1.51. The van der Waals surface area contributed by atoms with Gasteiger partial charge < -0.3 is 9.84 Å². The smallest absolute Gasteiger partial charge is 0.372 e. The van der Waals surface area contributed by atoms with Crippen molar-refractivity contribution in [3.05, 3.63) is 35.9 Å². The fourth-order valence-corrected chi connectivity index (χ4v) is 1.01. The highest BCUT2D eigenvalue weighted by atomic mass is 19.4. The molecular formula is C12H11F3O2. The van der Waals surface area contributed by atoms with Crippen LogP contribution < -0.4 is 0 Å². The summed E-state index contributed by atoms with van der Waals surface area (Å²) in [6.45, 7) is 0.125. The van der Waals surface area contributed by atoms with E-state index in [9.17, 15) is 13.2 Å². The zero-order valence-corrected chi connectivity index (χ0v) is 8.87. The molecule has 0 aromatic heterocycles. The molecule has 0 aliphatic rings. The van der Waals surface area contributed by atoms with Crippen LogP contribution in [0.5, 0.6) is 0 Å². The molecule has 2 nitrogen and oxygen atoms in total. The van der Waals surface area contributed by atoms with E-state index < -0.39 is 12.3 Å². The predicted molar refractivity (Wildman–Crippen MR) is 55.9 cm³/mol. The van der Waals surface area contributed by atoms with Gasteiger partial charge in [-0.1, -0.05) is 42.2 Å². The van der Waals surface area contributed by atoms with Crippen LogP contribution in [0.25, 0.3) is 0 Å². The summed E-state index contributed by atoms with van der Waals surface area (Å²) >= 11 is 0. The predicted octanol–water partition coefficient (Wildman–Crippen LogP) is 2.13. The lowest BCUT2D eigenvalue weighted by Gasteiger charge is -2.06. The lowest BCUT2D eigenvalue weighted by atomic mass is 10.2. The van der Waals surface area contributed by atoms with Gasteiger partial charge in [0.25, 0.3) is 0 Å². The third-order valence-electron chi connectivity index (χ3n) is 1.83. The van der Waals surface area contributed by atoms with Gasteiger partial charge in [-0.05, 0) is 5.56 Å². The minimum atomic E-state index is -4.70. The highest BCUT2D eigenvalue weighted by Crippen LogP contribution is 2.18. The summed E-state index contributed by atoms with van der Waals surface area (Å²) in [7, 11) is 0. The van der Waals surface area contributed by atoms with Gasteiger partial charge in [0.1, 0.15) is 6.61 Å². The lowest BCUT2D eigenvalue weighted by Crippen LogP contribution is -2.26. The minimum Gasteiger partial charge on any atom is -0.372 e. The molecule has 0 aliphatic heterocycles. The molecule has 1 atom stereocenters. The number of hydrogen-bond donors (Lipinski definition) is 1. The first-order chi connectivity index (χ1) is 8.00. The van der Waals surface area contributed by atoms with Crippen molar-refractivity contribution in [2.45, 2.75) is 18.9 Å². The van der Waals surface area contributed by atoms with Crippen LogP contribution in [0.3, 0.4) is 0 Å². The average molecular weight is 244 g/mol. The Balaban J connectivity index is 2.28. The second-order valence-corrected chi connectivity index (χ2v) is 3.24. The van der Waals surface area contributed by atoms with E-state index >= 15 is 0 Å². The Bertz CT molecular complexity index is 390. The summed E-state index contributed by atoms with van der Waals surface area (Å²) in [6.07, 6.45) is -7.31. The molecule has 0 aliphatic carbocycles. The number of aliphatic hydroxyl groups is 1. The molecule has 0 unspecified atom stereocenters. The van der Waals surface area contributed by atoms with Gasteiger partial charge in [-0.25, -0.2) is 0 Å². The van der Waals surface area contributed by atoms with Crippen molar-refractivity contribution in [3.8, 4) is 11.8 Å². The van der Waals surface area contributed by atoms with Crippen LogP contribution in [0.4, 0.5) is 13.2 Å². The van der Waals surface area contributed by atoms with Gasteiger partial charge in [0.15, 0.2) is 0 Å². The van der Waals surface area contributed by atoms with Crippen LogP contribution in [-0.4, -0.2) is 24.0 Å². The fraction of sp³-hybridized carbons (Fsp3) is 0.333. The number of alkyl halides is 3. The number of ether oxygens (including phenoxy) is 1. The quantitative estimate of drug-likeness (QED) is 0.652. The van der Waals surface area contributed by atoms with E-state index in [-0.39, 0.29) is 13.2 Å². The number of halogens is 3. The molecule has 0 fully saturated rings. The highest BCUT2D eigenvalue weighted by Gasteiger charge is 2.36. The normalized spacial score (nSPS) is 12.7. The molecule has 92 valence electrons. The molecule has 0 bridgehead atoms. The van der Waals surface area contributed by atoms with Gasteiger partial charge in [0.2, 0.25) is 6.10 Å². The molecule has 1 rings (SSSR count). The summed E-state index contributed by atoms with van der Waals surface area (Å²) in [6, 6.07) is 9.18. The van der Waals surface area contributed by atoms with Crippen molar-refractivity contribution in [2.75, 3.05) is 6.61 Å². The topological polar surface area (TPSA) is 29.5 Å². The van der Waals surface area contributed by atoms with E-state index in [1.807, 2.05) is 30.3 Å². The monoisotopic (exact) mass is 244 g/mol. The van der Waals surface area contributed by atoms with Crippen molar-refractivity contribution >= 4 is 0 Å². The van der Waals surface area contributed by atoms with Crippen LogP contribution in [-0.2, 0) is 11.3 Å². The largest absolute Gasteiger partial charge is 0.425 e. The average Bonchev–Trinajstić information content (AvgIpc) is 2.28. The van der Waals surface area contributed by atoms with Crippen LogP contribution in [0, 0.1) is 11.8 Å².